The zero-order valence-corrected chi connectivity index (χ0v) is 14.1. The van der Waals surface area contributed by atoms with Gasteiger partial charge in [0.2, 0.25) is 0 Å². The van der Waals surface area contributed by atoms with Crippen LogP contribution in [0.2, 0.25) is 0 Å². The predicted molar refractivity (Wildman–Crippen MR) is 88.9 cm³/mol. The summed E-state index contributed by atoms with van der Waals surface area (Å²) in [6, 6.07) is 7.82. The first-order chi connectivity index (χ1) is 11.9. The zero-order chi connectivity index (χ0) is 18.0. The Kier molecular flexibility index (Phi) is 5.22. The Morgan fingerprint density at radius 1 is 1.20 bits per heavy atom. The van der Waals surface area contributed by atoms with Crippen LogP contribution in [0.3, 0.4) is 0 Å². The number of rotatable bonds is 4. The van der Waals surface area contributed by atoms with Gasteiger partial charge in [-0.05, 0) is 42.9 Å². The van der Waals surface area contributed by atoms with Gasteiger partial charge < -0.3 is 16.0 Å². The molecule has 7 heteroatoms. The highest BCUT2D eigenvalue weighted by Crippen LogP contribution is 2.40. The van der Waals surface area contributed by atoms with Gasteiger partial charge in [-0.3, -0.25) is 0 Å². The second-order valence-corrected chi connectivity index (χ2v) is 7.05. The lowest BCUT2D eigenvalue weighted by molar-refractivity contribution is -0.197. The first kappa shape index (κ1) is 18.0. The minimum Gasteiger partial charge on any atom is -0.334 e. The first-order valence-electron chi connectivity index (χ1n) is 8.77. The highest BCUT2D eigenvalue weighted by atomic mass is 19.4. The summed E-state index contributed by atoms with van der Waals surface area (Å²) in [5, 5.41) is 2.80. The molecule has 0 radical (unpaired) electrons. The summed E-state index contributed by atoms with van der Waals surface area (Å²) in [5.74, 6) is -1.47. The Labute approximate surface area is 145 Å². The fraction of sp³-hybridized carbons (Fsp3) is 0.611. The number of nitrogens with two attached hydrogens (primary N) is 1. The molecule has 0 aromatic heterocycles. The van der Waals surface area contributed by atoms with E-state index in [1.807, 2.05) is 12.1 Å². The van der Waals surface area contributed by atoms with Crippen LogP contribution in [0.4, 0.5) is 18.0 Å². The van der Waals surface area contributed by atoms with Crippen LogP contribution in [-0.4, -0.2) is 36.7 Å². The van der Waals surface area contributed by atoms with E-state index in [2.05, 4.69) is 17.4 Å². The summed E-state index contributed by atoms with van der Waals surface area (Å²) < 4.78 is 39.0. The number of amides is 2. The smallest absolute Gasteiger partial charge is 0.334 e. The number of piperidine rings is 1. The van der Waals surface area contributed by atoms with Crippen molar-refractivity contribution in [2.45, 2.75) is 37.9 Å². The maximum absolute atomic E-state index is 13.0. The molecule has 3 N–H and O–H groups in total. The van der Waals surface area contributed by atoms with Gasteiger partial charge in [0.05, 0.1) is 5.92 Å². The molecule has 1 saturated carbocycles. The SMILES string of the molecule is NCC1CN(C(=O)NCc2ccc(C3CC3)cc2)CCC1C(F)(F)F. The maximum Gasteiger partial charge on any atom is 0.392 e. The molecule has 1 heterocycles. The van der Waals surface area contributed by atoms with Crippen LogP contribution in [0.1, 0.15) is 36.3 Å². The molecule has 2 fully saturated rings. The fourth-order valence-electron chi connectivity index (χ4n) is 3.50. The third-order valence-corrected chi connectivity index (χ3v) is 5.22. The van der Waals surface area contributed by atoms with Gasteiger partial charge in [0.1, 0.15) is 0 Å². The lowest BCUT2D eigenvalue weighted by Crippen LogP contribution is -2.52. The molecule has 2 unspecified atom stereocenters. The molecule has 2 aliphatic rings. The Morgan fingerprint density at radius 3 is 2.44 bits per heavy atom. The summed E-state index contributed by atoms with van der Waals surface area (Å²) in [6.07, 6.45) is -1.86. The van der Waals surface area contributed by atoms with Gasteiger partial charge in [0.15, 0.2) is 0 Å². The first-order valence-corrected chi connectivity index (χ1v) is 8.77. The van der Waals surface area contributed by atoms with E-state index in [0.717, 1.165) is 5.56 Å². The van der Waals surface area contributed by atoms with Gasteiger partial charge in [0.25, 0.3) is 0 Å². The van der Waals surface area contributed by atoms with Crippen molar-refractivity contribution >= 4 is 6.03 Å². The number of carbonyl (C=O) groups is 1. The van der Waals surface area contributed by atoms with Crippen molar-refractivity contribution in [3.05, 3.63) is 35.4 Å². The molecule has 0 bridgehead atoms. The molecule has 4 nitrogen and oxygen atoms in total. The van der Waals surface area contributed by atoms with Crippen molar-refractivity contribution in [2.75, 3.05) is 19.6 Å². The van der Waals surface area contributed by atoms with Crippen LogP contribution in [-0.2, 0) is 6.54 Å². The number of benzene rings is 1. The monoisotopic (exact) mass is 355 g/mol. The van der Waals surface area contributed by atoms with Crippen LogP contribution in [0.5, 0.6) is 0 Å². The molecule has 1 aliphatic carbocycles. The third kappa shape index (κ3) is 4.45. The van der Waals surface area contributed by atoms with Crippen LogP contribution in [0, 0.1) is 11.8 Å². The topological polar surface area (TPSA) is 58.4 Å². The van der Waals surface area contributed by atoms with Gasteiger partial charge in [-0.15, -0.1) is 0 Å². The number of hydrogen-bond donors (Lipinski definition) is 2. The number of likely N-dealkylation sites (tertiary alicyclic amines) is 1. The van der Waals surface area contributed by atoms with E-state index in [9.17, 15) is 18.0 Å². The van der Waals surface area contributed by atoms with Crippen molar-refractivity contribution in [1.82, 2.24) is 10.2 Å². The standard InChI is InChI=1S/C18H24F3N3O/c19-18(20,21)16-7-8-24(11-15(16)9-22)17(25)23-10-12-1-3-13(4-2-12)14-5-6-14/h1-4,14-16H,5-11,22H2,(H,23,25). The summed E-state index contributed by atoms with van der Waals surface area (Å²) >= 11 is 0. The van der Waals surface area contributed by atoms with Crippen molar-refractivity contribution in [3.63, 3.8) is 0 Å². The molecule has 0 spiro atoms. The molecule has 1 aliphatic heterocycles. The van der Waals surface area contributed by atoms with Crippen LogP contribution in [0.25, 0.3) is 0 Å². The normalized spacial score (nSPS) is 24.2. The molecular weight excluding hydrogens is 331 g/mol. The number of hydrogen-bond acceptors (Lipinski definition) is 2. The van der Waals surface area contributed by atoms with Crippen LogP contribution >= 0.6 is 0 Å². The third-order valence-electron chi connectivity index (χ3n) is 5.22. The Morgan fingerprint density at radius 2 is 1.88 bits per heavy atom. The maximum atomic E-state index is 13.0. The van der Waals surface area contributed by atoms with E-state index in [-0.39, 0.29) is 32.1 Å². The Bertz CT molecular complexity index is 599. The number of nitrogens with one attached hydrogen (secondary N) is 1. The Hall–Kier alpha value is -1.76. The summed E-state index contributed by atoms with van der Waals surface area (Å²) in [6.45, 7) is 0.452. The summed E-state index contributed by atoms with van der Waals surface area (Å²) in [5.41, 5.74) is 7.82. The van der Waals surface area contributed by atoms with Gasteiger partial charge in [0, 0.05) is 25.6 Å². The second kappa shape index (κ2) is 7.23. The zero-order valence-electron chi connectivity index (χ0n) is 14.1. The molecule has 2 atom stereocenters. The summed E-state index contributed by atoms with van der Waals surface area (Å²) in [7, 11) is 0. The molecule has 1 aromatic carbocycles. The van der Waals surface area contributed by atoms with Gasteiger partial charge in [-0.1, -0.05) is 24.3 Å². The fourth-order valence-corrected chi connectivity index (χ4v) is 3.50. The molecule has 138 valence electrons. The van der Waals surface area contributed by atoms with Crippen molar-refractivity contribution in [1.29, 1.82) is 0 Å². The molecule has 1 aromatic rings. The van der Waals surface area contributed by atoms with E-state index < -0.39 is 18.0 Å². The average Bonchev–Trinajstić information content (AvgIpc) is 3.43. The second-order valence-electron chi connectivity index (χ2n) is 7.05. The van der Waals surface area contributed by atoms with Gasteiger partial charge in [-0.25, -0.2) is 4.79 Å². The highest BCUT2D eigenvalue weighted by molar-refractivity contribution is 5.74. The van der Waals surface area contributed by atoms with Crippen LogP contribution in [0.15, 0.2) is 24.3 Å². The van der Waals surface area contributed by atoms with Crippen molar-refractivity contribution in [2.24, 2.45) is 17.6 Å². The highest BCUT2D eigenvalue weighted by Gasteiger charge is 2.47. The van der Waals surface area contributed by atoms with Crippen molar-refractivity contribution < 1.29 is 18.0 Å². The molecule has 25 heavy (non-hydrogen) atoms. The lowest BCUT2D eigenvalue weighted by Gasteiger charge is -2.38. The van der Waals surface area contributed by atoms with Crippen LogP contribution < -0.4 is 11.1 Å². The number of urea groups is 1. The lowest BCUT2D eigenvalue weighted by atomic mass is 9.85. The van der Waals surface area contributed by atoms with E-state index in [4.69, 9.17) is 5.73 Å². The molecule has 2 amide bonds. The molecule has 3 rings (SSSR count). The number of halogens is 3. The quantitative estimate of drug-likeness (QED) is 0.871. The number of alkyl halides is 3. The van der Waals surface area contributed by atoms with E-state index >= 15 is 0 Å². The minimum atomic E-state index is -4.25. The minimum absolute atomic E-state index is 0.0487. The molecule has 1 saturated heterocycles. The largest absolute Gasteiger partial charge is 0.392 e. The van der Waals surface area contributed by atoms with Gasteiger partial charge >= 0.3 is 12.2 Å². The van der Waals surface area contributed by atoms with Gasteiger partial charge in [-0.2, -0.15) is 13.2 Å². The number of nitrogens with zero attached hydrogens (tertiary/aromatic N) is 1. The Balaban J connectivity index is 1.51. The van der Waals surface area contributed by atoms with Crippen molar-refractivity contribution in [3.8, 4) is 0 Å². The van der Waals surface area contributed by atoms with E-state index in [1.54, 1.807) is 0 Å². The molecular formula is C18H24F3N3O. The summed E-state index contributed by atoms with van der Waals surface area (Å²) in [4.78, 5) is 13.7. The number of carbonyl (C=O) groups excluding carboxylic acids is 1. The predicted octanol–water partition coefficient (Wildman–Crippen LogP) is 3.23. The average molecular weight is 355 g/mol. The van der Waals surface area contributed by atoms with E-state index in [0.29, 0.717) is 12.5 Å². The van der Waals surface area contributed by atoms with E-state index in [1.165, 1.54) is 23.3 Å².